The Morgan fingerprint density at radius 3 is 2.88 bits per heavy atom. The minimum Gasteiger partial charge on any atom is -0.377 e. The van der Waals surface area contributed by atoms with Gasteiger partial charge in [-0.1, -0.05) is 6.58 Å². The fourth-order valence-electron chi connectivity index (χ4n) is 1.84. The number of nitrogens with one attached hydrogen (secondary N) is 1. The number of carbonyl (C=O) groups is 1. The zero-order valence-electron chi connectivity index (χ0n) is 8.97. The molecule has 6 heteroatoms. The normalized spacial score (nSPS) is 17.1. The van der Waals surface area contributed by atoms with E-state index in [0.29, 0.717) is 6.42 Å². The lowest BCUT2D eigenvalue weighted by atomic mass is 10.0. The second-order valence-corrected chi connectivity index (χ2v) is 3.89. The molecular weight excluding hydrogens is 222 g/mol. The minimum absolute atomic E-state index is 0.0379. The number of hydrogen-bond donors (Lipinski definition) is 2. The van der Waals surface area contributed by atoms with Crippen molar-refractivity contribution in [3.05, 3.63) is 46.0 Å². The molecule has 0 saturated heterocycles. The van der Waals surface area contributed by atoms with Crippen molar-refractivity contribution in [3.63, 3.8) is 0 Å². The zero-order chi connectivity index (χ0) is 12.6. The summed E-state index contributed by atoms with van der Waals surface area (Å²) in [6.45, 7) is 3.61. The van der Waals surface area contributed by atoms with Gasteiger partial charge in [0.05, 0.1) is 11.0 Å². The summed E-state index contributed by atoms with van der Waals surface area (Å²) in [4.78, 5) is 21.2. The number of fused-ring (bicyclic) bond motifs is 1. The van der Waals surface area contributed by atoms with Gasteiger partial charge in [-0.15, -0.1) is 0 Å². The molecule has 1 aromatic rings. The van der Waals surface area contributed by atoms with E-state index in [1.54, 1.807) is 6.07 Å². The van der Waals surface area contributed by atoms with E-state index in [9.17, 15) is 14.9 Å². The highest BCUT2D eigenvalue weighted by Gasteiger charge is 2.26. The number of nitro groups is 1. The molecule has 88 valence electrons. The van der Waals surface area contributed by atoms with Gasteiger partial charge < -0.3 is 11.1 Å². The molecule has 1 aromatic carbocycles. The molecule has 0 saturated carbocycles. The predicted molar refractivity (Wildman–Crippen MR) is 62.5 cm³/mol. The van der Waals surface area contributed by atoms with Crippen LogP contribution in [-0.4, -0.2) is 16.9 Å². The van der Waals surface area contributed by atoms with E-state index in [1.807, 2.05) is 0 Å². The molecule has 3 N–H and O–H groups in total. The monoisotopic (exact) mass is 233 g/mol. The average Bonchev–Trinajstić information content (AvgIpc) is 2.69. The van der Waals surface area contributed by atoms with Crippen LogP contribution in [0.25, 0.3) is 0 Å². The molecule has 0 spiro atoms. The molecule has 0 bridgehead atoms. The van der Waals surface area contributed by atoms with Gasteiger partial charge in [0.2, 0.25) is 5.91 Å². The van der Waals surface area contributed by atoms with Gasteiger partial charge in [0.1, 0.15) is 0 Å². The van der Waals surface area contributed by atoms with Crippen LogP contribution in [0.3, 0.4) is 0 Å². The molecule has 0 fully saturated rings. The lowest BCUT2D eigenvalue weighted by Gasteiger charge is -2.10. The van der Waals surface area contributed by atoms with Gasteiger partial charge in [-0.3, -0.25) is 14.9 Å². The van der Waals surface area contributed by atoms with Crippen molar-refractivity contribution < 1.29 is 9.72 Å². The van der Waals surface area contributed by atoms with Gasteiger partial charge in [0.15, 0.2) is 0 Å². The van der Waals surface area contributed by atoms with Crippen LogP contribution in [0.1, 0.15) is 5.56 Å². The molecule has 1 aliphatic rings. The van der Waals surface area contributed by atoms with E-state index in [4.69, 9.17) is 5.73 Å². The van der Waals surface area contributed by atoms with Gasteiger partial charge in [-0.05, 0) is 18.1 Å². The Morgan fingerprint density at radius 2 is 2.29 bits per heavy atom. The number of nitrogens with zero attached hydrogens (tertiary/aromatic N) is 1. The third-order valence-electron chi connectivity index (χ3n) is 2.79. The maximum Gasteiger partial charge on any atom is 0.269 e. The number of rotatable bonds is 3. The Kier molecular flexibility index (Phi) is 2.55. The molecule has 1 aliphatic heterocycles. The average molecular weight is 233 g/mol. The lowest BCUT2D eigenvalue weighted by molar-refractivity contribution is -0.384. The highest BCUT2D eigenvalue weighted by molar-refractivity contribution is 5.93. The standard InChI is InChI=1S/C11H11N3O3/c1-6(11(12)15)10-5-7-4-8(14(16)17)2-3-9(7)13-10/h2-4,10,13H,1,5H2,(H2,12,15). The summed E-state index contributed by atoms with van der Waals surface area (Å²) in [7, 11) is 0. The van der Waals surface area contributed by atoms with Crippen molar-refractivity contribution in [1.82, 2.24) is 0 Å². The van der Waals surface area contributed by atoms with Gasteiger partial charge in [-0.25, -0.2) is 0 Å². The van der Waals surface area contributed by atoms with Crippen molar-refractivity contribution in [2.24, 2.45) is 5.73 Å². The molecule has 1 heterocycles. The predicted octanol–water partition coefficient (Wildman–Crippen LogP) is 0.973. The number of carbonyl (C=O) groups excluding carboxylic acids is 1. The summed E-state index contributed by atoms with van der Waals surface area (Å²) >= 11 is 0. The number of amides is 1. The maximum absolute atomic E-state index is 11.0. The van der Waals surface area contributed by atoms with Gasteiger partial charge in [0.25, 0.3) is 5.69 Å². The Labute approximate surface area is 97.3 Å². The summed E-state index contributed by atoms with van der Waals surface area (Å²) in [5, 5.41) is 13.7. The first-order valence-electron chi connectivity index (χ1n) is 5.01. The fourth-order valence-corrected chi connectivity index (χ4v) is 1.84. The molecule has 17 heavy (non-hydrogen) atoms. The van der Waals surface area contributed by atoms with E-state index >= 15 is 0 Å². The van der Waals surface area contributed by atoms with Crippen LogP contribution in [-0.2, 0) is 11.2 Å². The van der Waals surface area contributed by atoms with E-state index < -0.39 is 10.8 Å². The second kappa shape index (κ2) is 3.89. The van der Waals surface area contributed by atoms with Crippen LogP contribution in [0.2, 0.25) is 0 Å². The van der Waals surface area contributed by atoms with Crippen molar-refractivity contribution in [3.8, 4) is 0 Å². The van der Waals surface area contributed by atoms with Crippen molar-refractivity contribution in [2.45, 2.75) is 12.5 Å². The smallest absolute Gasteiger partial charge is 0.269 e. The highest BCUT2D eigenvalue weighted by atomic mass is 16.6. The fraction of sp³-hybridized carbons (Fsp3) is 0.182. The summed E-state index contributed by atoms with van der Waals surface area (Å²) < 4.78 is 0. The summed E-state index contributed by atoms with van der Waals surface area (Å²) in [5.74, 6) is -0.565. The Balaban J connectivity index is 2.25. The number of anilines is 1. The zero-order valence-corrected chi connectivity index (χ0v) is 8.97. The Hall–Kier alpha value is -2.37. The molecule has 0 aliphatic carbocycles. The van der Waals surface area contributed by atoms with Gasteiger partial charge >= 0.3 is 0 Å². The third kappa shape index (κ3) is 1.96. The molecule has 1 amide bonds. The van der Waals surface area contributed by atoms with Crippen molar-refractivity contribution in [1.29, 1.82) is 0 Å². The summed E-state index contributed by atoms with van der Waals surface area (Å²) in [6.07, 6.45) is 0.485. The highest BCUT2D eigenvalue weighted by Crippen LogP contribution is 2.31. The molecule has 0 radical (unpaired) electrons. The number of primary amides is 1. The van der Waals surface area contributed by atoms with E-state index in [2.05, 4.69) is 11.9 Å². The van der Waals surface area contributed by atoms with Crippen LogP contribution in [0, 0.1) is 10.1 Å². The van der Waals surface area contributed by atoms with Crippen LogP contribution < -0.4 is 11.1 Å². The molecular formula is C11H11N3O3. The molecule has 1 atom stereocenters. The first kappa shape index (κ1) is 11.1. The second-order valence-electron chi connectivity index (χ2n) is 3.89. The number of nitro benzene ring substituents is 1. The van der Waals surface area contributed by atoms with Crippen LogP contribution in [0.4, 0.5) is 11.4 Å². The van der Waals surface area contributed by atoms with E-state index in [1.165, 1.54) is 12.1 Å². The van der Waals surface area contributed by atoms with Crippen LogP contribution in [0.15, 0.2) is 30.4 Å². The third-order valence-corrected chi connectivity index (χ3v) is 2.79. The van der Waals surface area contributed by atoms with Gasteiger partial charge in [-0.2, -0.15) is 0 Å². The summed E-state index contributed by atoms with van der Waals surface area (Å²) in [6, 6.07) is 4.27. The van der Waals surface area contributed by atoms with Crippen molar-refractivity contribution in [2.75, 3.05) is 5.32 Å². The lowest BCUT2D eigenvalue weighted by Crippen LogP contribution is -2.27. The van der Waals surface area contributed by atoms with Crippen LogP contribution >= 0.6 is 0 Å². The largest absolute Gasteiger partial charge is 0.377 e. The Morgan fingerprint density at radius 1 is 1.59 bits per heavy atom. The SMILES string of the molecule is C=C(C(N)=O)C1Cc2cc([N+](=O)[O-])ccc2N1. The number of non-ortho nitro benzene ring substituents is 1. The van der Waals surface area contributed by atoms with Gasteiger partial charge in [0, 0.05) is 23.4 Å². The molecule has 0 aromatic heterocycles. The summed E-state index contributed by atoms with van der Waals surface area (Å²) in [5.41, 5.74) is 7.04. The topological polar surface area (TPSA) is 98.3 Å². The number of hydrogen-bond acceptors (Lipinski definition) is 4. The van der Waals surface area contributed by atoms with Crippen molar-refractivity contribution >= 4 is 17.3 Å². The quantitative estimate of drug-likeness (QED) is 0.461. The first-order valence-corrected chi connectivity index (χ1v) is 5.01. The minimum atomic E-state index is -0.565. The van der Waals surface area contributed by atoms with E-state index in [0.717, 1.165) is 11.3 Å². The maximum atomic E-state index is 11.0. The molecule has 6 nitrogen and oxygen atoms in total. The first-order chi connectivity index (χ1) is 7.99. The number of benzene rings is 1. The number of nitrogens with two attached hydrogens (primary N) is 1. The van der Waals surface area contributed by atoms with Crippen LogP contribution in [0.5, 0.6) is 0 Å². The molecule has 1 unspecified atom stereocenters. The Bertz CT molecular complexity index is 525. The van der Waals surface area contributed by atoms with E-state index in [-0.39, 0.29) is 17.3 Å². The molecule has 2 rings (SSSR count).